The van der Waals surface area contributed by atoms with Crippen LogP contribution >= 0.6 is 11.3 Å². The normalized spacial score (nSPS) is 11.4. The van der Waals surface area contributed by atoms with Crippen LogP contribution in [-0.4, -0.2) is 22.6 Å². The second-order valence-electron chi connectivity index (χ2n) is 7.71. The number of thiophene rings is 1. The minimum atomic E-state index is -0.909. The van der Waals surface area contributed by atoms with E-state index in [0.717, 1.165) is 23.2 Å². The maximum absolute atomic E-state index is 11.3. The number of hydrogen-bond acceptors (Lipinski definition) is 3. The van der Waals surface area contributed by atoms with E-state index in [9.17, 15) is 9.90 Å². The van der Waals surface area contributed by atoms with Crippen LogP contribution in [0.1, 0.15) is 27.2 Å². The molecular formula is C26H22N2O2S. The molecule has 31 heavy (non-hydrogen) atoms. The van der Waals surface area contributed by atoms with Crippen LogP contribution < -0.4 is 5.73 Å². The minimum Gasteiger partial charge on any atom is -0.478 e. The van der Waals surface area contributed by atoms with E-state index < -0.39 is 5.97 Å². The number of carboxylic acid groups (broad SMARTS) is 1. The molecule has 0 fully saturated rings. The molecule has 0 bridgehead atoms. The Hall–Kier alpha value is -3.41. The zero-order valence-electron chi connectivity index (χ0n) is 16.9. The molecule has 5 aromatic rings. The van der Waals surface area contributed by atoms with Crippen molar-refractivity contribution in [1.82, 2.24) is 4.98 Å². The van der Waals surface area contributed by atoms with Crippen LogP contribution in [0, 0.1) is 0 Å². The van der Waals surface area contributed by atoms with E-state index >= 15 is 0 Å². The Morgan fingerprint density at radius 3 is 2.68 bits per heavy atom. The van der Waals surface area contributed by atoms with Crippen LogP contribution in [-0.2, 0) is 12.8 Å². The molecule has 0 saturated heterocycles. The van der Waals surface area contributed by atoms with Gasteiger partial charge in [-0.2, -0.15) is 0 Å². The first kappa shape index (κ1) is 19.5. The number of aromatic nitrogens is 1. The minimum absolute atomic E-state index is 0.307. The Bertz CT molecular complexity index is 1380. The zero-order chi connectivity index (χ0) is 21.4. The number of hydrogen-bond donors (Lipinski definition) is 3. The van der Waals surface area contributed by atoms with E-state index in [0.29, 0.717) is 18.5 Å². The fraction of sp³-hybridized carbons (Fsp3) is 0.115. The van der Waals surface area contributed by atoms with Crippen molar-refractivity contribution >= 4 is 38.3 Å². The van der Waals surface area contributed by atoms with Crippen molar-refractivity contribution in [2.24, 2.45) is 5.73 Å². The van der Waals surface area contributed by atoms with Crippen LogP contribution in [0.3, 0.4) is 0 Å². The molecule has 0 radical (unpaired) electrons. The van der Waals surface area contributed by atoms with Crippen molar-refractivity contribution in [3.05, 3.63) is 95.2 Å². The summed E-state index contributed by atoms with van der Waals surface area (Å²) in [5, 5.41) is 11.7. The molecule has 4 N–H and O–H groups in total. The van der Waals surface area contributed by atoms with Gasteiger partial charge in [0.05, 0.1) is 5.56 Å². The van der Waals surface area contributed by atoms with Crippen LogP contribution in [0.5, 0.6) is 0 Å². The molecule has 2 heterocycles. The summed E-state index contributed by atoms with van der Waals surface area (Å²) < 4.78 is 1.29. The third-order valence-corrected chi connectivity index (χ3v) is 6.82. The number of H-pyrrole nitrogens is 1. The highest BCUT2D eigenvalue weighted by Crippen LogP contribution is 2.36. The van der Waals surface area contributed by atoms with Gasteiger partial charge in [-0.05, 0) is 71.4 Å². The van der Waals surface area contributed by atoms with E-state index in [-0.39, 0.29) is 0 Å². The van der Waals surface area contributed by atoms with Crippen LogP contribution in [0.2, 0.25) is 0 Å². The lowest BCUT2D eigenvalue weighted by Crippen LogP contribution is -2.05. The highest BCUT2D eigenvalue weighted by Gasteiger charge is 2.14. The number of nitrogens with two attached hydrogens (primary N) is 1. The van der Waals surface area contributed by atoms with Gasteiger partial charge in [0.15, 0.2) is 0 Å². The SMILES string of the molecule is NCCc1c(Cc2cccc(C(=O)O)c2)[nH]c2ccc(-c3cc4ccccc4s3)cc12. The lowest BCUT2D eigenvalue weighted by Gasteiger charge is -2.06. The zero-order valence-corrected chi connectivity index (χ0v) is 17.7. The topological polar surface area (TPSA) is 79.1 Å². The Labute approximate surface area is 184 Å². The van der Waals surface area contributed by atoms with Gasteiger partial charge >= 0.3 is 5.97 Å². The molecule has 0 aliphatic carbocycles. The third kappa shape index (κ3) is 3.74. The molecule has 0 unspecified atom stereocenters. The summed E-state index contributed by atoms with van der Waals surface area (Å²) in [6.45, 7) is 0.558. The van der Waals surface area contributed by atoms with Crippen LogP contribution in [0.25, 0.3) is 31.4 Å². The molecule has 0 amide bonds. The number of carbonyl (C=O) groups is 1. The summed E-state index contributed by atoms with van der Waals surface area (Å²) in [6.07, 6.45) is 1.41. The Morgan fingerprint density at radius 1 is 1.00 bits per heavy atom. The highest BCUT2D eigenvalue weighted by atomic mass is 32.1. The van der Waals surface area contributed by atoms with Gasteiger partial charge in [-0.15, -0.1) is 11.3 Å². The fourth-order valence-electron chi connectivity index (χ4n) is 4.18. The first-order valence-electron chi connectivity index (χ1n) is 10.3. The van der Waals surface area contributed by atoms with Gasteiger partial charge in [0.2, 0.25) is 0 Å². The van der Waals surface area contributed by atoms with Gasteiger partial charge in [0.25, 0.3) is 0 Å². The molecule has 0 spiro atoms. The molecule has 3 aromatic carbocycles. The van der Waals surface area contributed by atoms with Crippen molar-refractivity contribution in [3.8, 4) is 10.4 Å². The summed E-state index contributed by atoms with van der Waals surface area (Å²) in [4.78, 5) is 16.1. The lowest BCUT2D eigenvalue weighted by atomic mass is 10.00. The van der Waals surface area contributed by atoms with Gasteiger partial charge in [-0.1, -0.05) is 36.4 Å². The van der Waals surface area contributed by atoms with Gasteiger partial charge in [-0.3, -0.25) is 0 Å². The summed E-state index contributed by atoms with van der Waals surface area (Å²) >= 11 is 1.80. The number of fused-ring (bicyclic) bond motifs is 2. The third-order valence-electron chi connectivity index (χ3n) is 5.65. The van der Waals surface area contributed by atoms with E-state index in [2.05, 4.69) is 53.5 Å². The predicted molar refractivity (Wildman–Crippen MR) is 128 cm³/mol. The number of aromatic amines is 1. The first-order valence-corrected chi connectivity index (χ1v) is 11.1. The summed E-state index contributed by atoms with van der Waals surface area (Å²) in [6, 6.07) is 24.3. The van der Waals surface area contributed by atoms with Gasteiger partial charge in [0.1, 0.15) is 0 Å². The smallest absolute Gasteiger partial charge is 0.335 e. The lowest BCUT2D eigenvalue weighted by molar-refractivity contribution is 0.0696. The first-order chi connectivity index (χ1) is 15.1. The number of aromatic carboxylic acids is 1. The van der Waals surface area contributed by atoms with E-state index in [1.165, 1.54) is 31.5 Å². The molecule has 0 saturated carbocycles. The van der Waals surface area contributed by atoms with E-state index in [1.807, 2.05) is 6.07 Å². The summed E-state index contributed by atoms with van der Waals surface area (Å²) in [7, 11) is 0. The molecule has 5 heteroatoms. The Balaban J connectivity index is 1.57. The predicted octanol–water partition coefficient (Wildman–Crippen LogP) is 5.84. The quantitative estimate of drug-likeness (QED) is 0.319. The van der Waals surface area contributed by atoms with Gasteiger partial charge < -0.3 is 15.8 Å². The molecule has 4 nitrogen and oxygen atoms in total. The second-order valence-corrected chi connectivity index (χ2v) is 8.80. The van der Waals surface area contributed by atoms with Gasteiger partial charge in [-0.25, -0.2) is 4.79 Å². The molecule has 0 atom stereocenters. The number of carboxylic acids is 1. The average molecular weight is 427 g/mol. The monoisotopic (exact) mass is 426 g/mol. The fourth-order valence-corrected chi connectivity index (χ4v) is 5.24. The van der Waals surface area contributed by atoms with Crippen LogP contribution in [0.4, 0.5) is 0 Å². The van der Waals surface area contributed by atoms with E-state index in [1.54, 1.807) is 29.5 Å². The molecule has 2 aromatic heterocycles. The van der Waals surface area contributed by atoms with Crippen molar-refractivity contribution < 1.29 is 9.90 Å². The van der Waals surface area contributed by atoms with Gasteiger partial charge in [0, 0.05) is 32.6 Å². The largest absolute Gasteiger partial charge is 0.478 e. The molecule has 154 valence electrons. The molecule has 0 aliphatic rings. The molecular weight excluding hydrogens is 404 g/mol. The van der Waals surface area contributed by atoms with Crippen molar-refractivity contribution in [3.63, 3.8) is 0 Å². The maximum Gasteiger partial charge on any atom is 0.335 e. The molecule has 0 aliphatic heterocycles. The van der Waals surface area contributed by atoms with Crippen LogP contribution in [0.15, 0.2) is 72.8 Å². The van der Waals surface area contributed by atoms with Crippen molar-refractivity contribution in [2.45, 2.75) is 12.8 Å². The van der Waals surface area contributed by atoms with E-state index in [4.69, 9.17) is 5.73 Å². The highest BCUT2D eigenvalue weighted by molar-refractivity contribution is 7.22. The number of nitrogens with one attached hydrogen (secondary N) is 1. The Kier molecular flexibility index (Phi) is 5.06. The summed E-state index contributed by atoms with van der Waals surface area (Å²) in [5.41, 5.74) is 11.8. The number of benzene rings is 3. The number of rotatable bonds is 6. The molecule has 5 rings (SSSR count). The standard InChI is InChI=1S/C26H22N2O2S/c27-11-10-20-21-14-18(25-15-17-5-1-2-7-24(17)31-25)8-9-22(21)28-23(20)13-16-4-3-6-19(12-16)26(29)30/h1-9,12,14-15,28H,10-11,13,27H2,(H,29,30). The van der Waals surface area contributed by atoms with Crippen molar-refractivity contribution in [1.29, 1.82) is 0 Å². The Morgan fingerprint density at radius 2 is 1.87 bits per heavy atom. The maximum atomic E-state index is 11.3. The second kappa shape index (κ2) is 8.02. The summed E-state index contributed by atoms with van der Waals surface area (Å²) in [5.74, 6) is -0.909. The van der Waals surface area contributed by atoms with Crippen molar-refractivity contribution in [2.75, 3.05) is 6.54 Å². The average Bonchev–Trinajstić information content (AvgIpc) is 3.35.